The lowest BCUT2D eigenvalue weighted by molar-refractivity contribution is 0.311. The van der Waals surface area contributed by atoms with Gasteiger partial charge in [-0.25, -0.2) is 0 Å². The first-order valence-electron chi connectivity index (χ1n) is 10.3. The van der Waals surface area contributed by atoms with Crippen LogP contribution in [0.25, 0.3) is 0 Å². The molecular weight excluding hydrogens is 380 g/mol. The molecule has 0 aliphatic carbocycles. The molecule has 1 aliphatic heterocycles. The Morgan fingerprint density at radius 2 is 1.80 bits per heavy atom. The van der Waals surface area contributed by atoms with Crippen LogP contribution in [-0.4, -0.2) is 59.5 Å². The average Bonchev–Trinajstić information content (AvgIpc) is 3.27. The highest BCUT2D eigenvalue weighted by atomic mass is 16.5. The van der Waals surface area contributed by atoms with Gasteiger partial charge in [0, 0.05) is 56.6 Å². The van der Waals surface area contributed by atoms with E-state index >= 15 is 0 Å². The van der Waals surface area contributed by atoms with E-state index in [0.717, 1.165) is 61.4 Å². The monoisotopic (exact) mass is 412 g/mol. The van der Waals surface area contributed by atoms with Gasteiger partial charge in [-0.15, -0.1) is 0 Å². The van der Waals surface area contributed by atoms with Gasteiger partial charge in [-0.2, -0.15) is 0 Å². The fraction of sp³-hybridized carbons (Fsp3) is 0.435. The molecule has 0 radical (unpaired) electrons. The van der Waals surface area contributed by atoms with E-state index in [4.69, 9.17) is 14.2 Å². The van der Waals surface area contributed by atoms with Crippen molar-refractivity contribution in [2.24, 2.45) is 4.99 Å². The minimum absolute atomic E-state index is 0.328. The van der Waals surface area contributed by atoms with Crippen LogP contribution >= 0.6 is 0 Å². The van der Waals surface area contributed by atoms with Gasteiger partial charge in [-0.05, 0) is 25.0 Å². The fourth-order valence-electron chi connectivity index (χ4n) is 3.46. The Hall–Kier alpha value is -3.09. The van der Waals surface area contributed by atoms with E-state index in [0.29, 0.717) is 12.6 Å². The minimum atomic E-state index is 0.328. The summed E-state index contributed by atoms with van der Waals surface area (Å²) in [6.45, 7) is 3.34. The zero-order valence-electron chi connectivity index (χ0n) is 18.1. The zero-order chi connectivity index (χ0) is 21.2. The number of anilines is 1. The molecule has 30 heavy (non-hydrogen) atoms. The lowest BCUT2D eigenvalue weighted by Gasteiger charge is -2.21. The summed E-state index contributed by atoms with van der Waals surface area (Å²) >= 11 is 0. The first kappa shape index (κ1) is 21.6. The smallest absolute Gasteiger partial charge is 0.191 e. The standard InChI is InChI=1S/C23H32N4O3/c1-24-23(25-11-7-13-30-20-8-5-4-6-9-20)26-18-10-12-27(17-18)19-14-21(28-2)16-22(15-19)29-3/h4-6,8-9,14-16,18H,7,10-13,17H2,1-3H3,(H2,24,25,26). The summed E-state index contributed by atoms with van der Waals surface area (Å²) in [4.78, 5) is 6.69. The summed E-state index contributed by atoms with van der Waals surface area (Å²) in [7, 11) is 5.15. The molecular formula is C23H32N4O3. The Morgan fingerprint density at radius 1 is 1.07 bits per heavy atom. The fourth-order valence-corrected chi connectivity index (χ4v) is 3.46. The van der Waals surface area contributed by atoms with Gasteiger partial charge in [0.25, 0.3) is 0 Å². The molecule has 0 spiro atoms. The van der Waals surface area contributed by atoms with Gasteiger partial charge >= 0.3 is 0 Å². The van der Waals surface area contributed by atoms with E-state index in [1.165, 1.54) is 0 Å². The highest BCUT2D eigenvalue weighted by Gasteiger charge is 2.24. The maximum atomic E-state index is 5.73. The van der Waals surface area contributed by atoms with Crippen molar-refractivity contribution in [3.63, 3.8) is 0 Å². The van der Waals surface area contributed by atoms with Crippen molar-refractivity contribution < 1.29 is 14.2 Å². The van der Waals surface area contributed by atoms with Crippen molar-refractivity contribution in [2.75, 3.05) is 52.4 Å². The summed E-state index contributed by atoms with van der Waals surface area (Å²) in [5.41, 5.74) is 1.11. The lowest BCUT2D eigenvalue weighted by atomic mass is 10.2. The van der Waals surface area contributed by atoms with E-state index in [-0.39, 0.29) is 0 Å². The molecule has 0 aromatic heterocycles. The second kappa shape index (κ2) is 11.2. The highest BCUT2D eigenvalue weighted by Crippen LogP contribution is 2.30. The van der Waals surface area contributed by atoms with Crippen LogP contribution in [0, 0.1) is 0 Å². The van der Waals surface area contributed by atoms with Crippen LogP contribution in [0.2, 0.25) is 0 Å². The second-order valence-corrected chi connectivity index (χ2v) is 7.16. The molecule has 3 rings (SSSR count). The molecule has 2 aromatic carbocycles. The number of methoxy groups -OCH3 is 2. The lowest BCUT2D eigenvalue weighted by Crippen LogP contribution is -2.45. The normalized spacial score (nSPS) is 16.3. The summed E-state index contributed by atoms with van der Waals surface area (Å²) in [5.74, 6) is 3.33. The molecule has 2 N–H and O–H groups in total. The van der Waals surface area contributed by atoms with E-state index in [2.05, 4.69) is 20.5 Å². The quantitative estimate of drug-likeness (QED) is 0.375. The van der Waals surface area contributed by atoms with E-state index in [1.807, 2.05) is 48.5 Å². The third kappa shape index (κ3) is 6.20. The van der Waals surface area contributed by atoms with Gasteiger partial charge in [0.2, 0.25) is 0 Å². The van der Waals surface area contributed by atoms with E-state index in [1.54, 1.807) is 21.3 Å². The number of aliphatic imine (C=N–C) groups is 1. The van der Waals surface area contributed by atoms with Gasteiger partial charge < -0.3 is 29.7 Å². The Bertz CT molecular complexity index is 791. The van der Waals surface area contributed by atoms with Crippen molar-refractivity contribution in [3.8, 4) is 17.2 Å². The van der Waals surface area contributed by atoms with E-state index in [9.17, 15) is 0 Å². The number of hydrogen-bond donors (Lipinski definition) is 2. The number of rotatable bonds is 9. The first-order chi connectivity index (χ1) is 14.7. The molecule has 0 saturated carbocycles. The Morgan fingerprint density at radius 3 is 2.47 bits per heavy atom. The largest absolute Gasteiger partial charge is 0.497 e. The van der Waals surface area contributed by atoms with Crippen LogP contribution in [0.4, 0.5) is 5.69 Å². The zero-order valence-corrected chi connectivity index (χ0v) is 18.1. The first-order valence-corrected chi connectivity index (χ1v) is 10.3. The Balaban J connectivity index is 1.42. The molecule has 1 atom stereocenters. The van der Waals surface area contributed by atoms with Crippen molar-refractivity contribution in [1.82, 2.24) is 10.6 Å². The molecule has 0 amide bonds. The number of hydrogen-bond acceptors (Lipinski definition) is 5. The molecule has 1 unspecified atom stereocenters. The van der Waals surface area contributed by atoms with Crippen molar-refractivity contribution >= 4 is 11.6 Å². The number of nitrogens with zero attached hydrogens (tertiary/aromatic N) is 2. The average molecular weight is 413 g/mol. The number of benzene rings is 2. The van der Waals surface area contributed by atoms with Crippen molar-refractivity contribution in [2.45, 2.75) is 18.9 Å². The molecule has 1 saturated heterocycles. The van der Waals surface area contributed by atoms with Gasteiger partial charge in [0.15, 0.2) is 5.96 Å². The van der Waals surface area contributed by atoms with Gasteiger partial charge in [0.1, 0.15) is 17.2 Å². The molecule has 7 heteroatoms. The predicted octanol–water partition coefficient (Wildman–Crippen LogP) is 2.92. The molecule has 1 fully saturated rings. The highest BCUT2D eigenvalue weighted by molar-refractivity contribution is 5.80. The van der Waals surface area contributed by atoms with Crippen LogP contribution in [0.1, 0.15) is 12.8 Å². The number of nitrogens with one attached hydrogen (secondary N) is 2. The second-order valence-electron chi connectivity index (χ2n) is 7.16. The molecule has 162 valence electrons. The molecule has 2 aromatic rings. The van der Waals surface area contributed by atoms with Crippen LogP contribution in [0.5, 0.6) is 17.2 Å². The summed E-state index contributed by atoms with van der Waals surface area (Å²) in [5, 5.41) is 6.90. The van der Waals surface area contributed by atoms with Crippen LogP contribution in [0.3, 0.4) is 0 Å². The summed E-state index contributed by atoms with van der Waals surface area (Å²) in [6.07, 6.45) is 1.94. The maximum absolute atomic E-state index is 5.73. The molecule has 7 nitrogen and oxygen atoms in total. The Kier molecular flexibility index (Phi) is 8.06. The van der Waals surface area contributed by atoms with Gasteiger partial charge in [0.05, 0.1) is 20.8 Å². The van der Waals surface area contributed by atoms with Crippen LogP contribution < -0.4 is 29.7 Å². The van der Waals surface area contributed by atoms with Crippen molar-refractivity contribution in [3.05, 3.63) is 48.5 Å². The molecule has 1 aliphatic rings. The van der Waals surface area contributed by atoms with Gasteiger partial charge in [-0.1, -0.05) is 18.2 Å². The topological polar surface area (TPSA) is 67.4 Å². The number of para-hydroxylation sites is 1. The van der Waals surface area contributed by atoms with Crippen LogP contribution in [-0.2, 0) is 0 Å². The third-order valence-electron chi connectivity index (χ3n) is 5.08. The molecule has 1 heterocycles. The number of guanidine groups is 1. The maximum Gasteiger partial charge on any atom is 0.191 e. The van der Waals surface area contributed by atoms with Crippen LogP contribution in [0.15, 0.2) is 53.5 Å². The SMILES string of the molecule is CN=C(NCCCOc1ccccc1)NC1CCN(c2cc(OC)cc(OC)c2)C1. The minimum Gasteiger partial charge on any atom is -0.497 e. The van der Waals surface area contributed by atoms with Gasteiger partial charge in [-0.3, -0.25) is 4.99 Å². The third-order valence-corrected chi connectivity index (χ3v) is 5.08. The summed E-state index contributed by atoms with van der Waals surface area (Å²) in [6, 6.07) is 16.2. The summed E-state index contributed by atoms with van der Waals surface area (Å²) < 4.78 is 16.5. The van der Waals surface area contributed by atoms with Crippen molar-refractivity contribution in [1.29, 1.82) is 0 Å². The molecule has 0 bridgehead atoms. The van der Waals surface area contributed by atoms with E-state index < -0.39 is 0 Å². The number of ether oxygens (including phenoxy) is 3. The Labute approximate surface area is 179 Å². The predicted molar refractivity (Wildman–Crippen MR) is 121 cm³/mol.